The lowest BCUT2D eigenvalue weighted by molar-refractivity contribution is 0.0755. The molecule has 3 rings (SSSR count). The predicted octanol–water partition coefficient (Wildman–Crippen LogP) is 3.36. The van der Waals surface area contributed by atoms with Crippen LogP contribution in [-0.2, 0) is 0 Å². The highest BCUT2D eigenvalue weighted by Crippen LogP contribution is 2.39. The smallest absolute Gasteiger partial charge is 0.251 e. The van der Waals surface area contributed by atoms with Gasteiger partial charge in [0.1, 0.15) is 0 Å². The number of nitrogens with one attached hydrogen (secondary N) is 1. The zero-order chi connectivity index (χ0) is 15.0. The van der Waals surface area contributed by atoms with Gasteiger partial charge in [0.2, 0.25) is 0 Å². The summed E-state index contributed by atoms with van der Waals surface area (Å²) in [5.74, 6) is 1.23. The number of aryl methyl sites for hydroxylation is 2. The fourth-order valence-electron chi connectivity index (χ4n) is 4.23. The van der Waals surface area contributed by atoms with Crippen LogP contribution in [0.2, 0.25) is 0 Å². The number of halogens is 1. The van der Waals surface area contributed by atoms with Gasteiger partial charge in [0.15, 0.2) is 0 Å². The Morgan fingerprint density at radius 2 is 1.82 bits per heavy atom. The average Bonchev–Trinajstić information content (AvgIpc) is 2.42. The molecule has 1 amide bonds. The summed E-state index contributed by atoms with van der Waals surface area (Å²) in [5.41, 5.74) is 9.17. The van der Waals surface area contributed by atoms with Crippen LogP contribution in [0, 0.1) is 25.7 Å². The number of carbonyl (C=O) groups excluding carboxylic acids is 1. The Hall–Kier alpha value is -1.06. The van der Waals surface area contributed by atoms with Gasteiger partial charge in [0, 0.05) is 17.6 Å². The van der Waals surface area contributed by atoms with Crippen LogP contribution in [0.1, 0.15) is 53.6 Å². The lowest BCUT2D eigenvalue weighted by Crippen LogP contribution is -2.53. The van der Waals surface area contributed by atoms with E-state index in [0.29, 0.717) is 23.9 Å². The van der Waals surface area contributed by atoms with Crippen molar-refractivity contribution >= 4 is 18.3 Å². The maximum Gasteiger partial charge on any atom is 0.251 e. The Kier molecular flexibility index (Phi) is 5.51. The van der Waals surface area contributed by atoms with Crippen LogP contribution in [0.25, 0.3) is 0 Å². The molecule has 1 aromatic rings. The minimum atomic E-state index is 0. The maximum atomic E-state index is 12.7. The van der Waals surface area contributed by atoms with Gasteiger partial charge in [0.05, 0.1) is 0 Å². The molecule has 2 atom stereocenters. The molecule has 2 unspecified atom stereocenters. The number of hydrogen-bond acceptors (Lipinski definition) is 2. The SMILES string of the molecule is Cc1ccc(C)c(C(=O)NC2C3CCCC2CC(N)C3)c1.Cl. The molecule has 0 radical (unpaired) electrons. The molecule has 122 valence electrons. The zero-order valence-corrected chi connectivity index (χ0v) is 14.3. The number of nitrogens with two attached hydrogens (primary N) is 1. The molecule has 2 bridgehead atoms. The number of rotatable bonds is 2. The van der Waals surface area contributed by atoms with Gasteiger partial charge in [-0.05, 0) is 63.0 Å². The van der Waals surface area contributed by atoms with Gasteiger partial charge >= 0.3 is 0 Å². The van der Waals surface area contributed by atoms with Crippen molar-refractivity contribution in [3.63, 3.8) is 0 Å². The molecule has 1 aromatic carbocycles. The third-order valence-corrected chi connectivity index (χ3v) is 5.31. The van der Waals surface area contributed by atoms with Gasteiger partial charge in [0.25, 0.3) is 5.91 Å². The zero-order valence-electron chi connectivity index (χ0n) is 13.5. The Bertz CT molecular complexity index is 532. The van der Waals surface area contributed by atoms with E-state index in [4.69, 9.17) is 5.73 Å². The monoisotopic (exact) mass is 322 g/mol. The van der Waals surface area contributed by atoms with Crippen molar-refractivity contribution < 1.29 is 4.79 Å². The molecule has 0 heterocycles. The molecule has 3 N–H and O–H groups in total. The second-order valence-corrected chi connectivity index (χ2v) is 7.00. The van der Waals surface area contributed by atoms with E-state index in [1.165, 1.54) is 19.3 Å². The standard InChI is InChI=1S/C18H26N2O.ClH/c1-11-6-7-12(2)16(8-11)18(21)20-17-13-4-3-5-14(17)10-15(19)9-13;/h6-8,13-15,17H,3-5,9-10,19H2,1-2H3,(H,20,21);1H. The first-order valence-electron chi connectivity index (χ1n) is 8.18. The van der Waals surface area contributed by atoms with Crippen LogP contribution >= 0.6 is 12.4 Å². The summed E-state index contributed by atoms with van der Waals surface area (Å²) >= 11 is 0. The normalized spacial score (nSPS) is 30.3. The van der Waals surface area contributed by atoms with Crippen molar-refractivity contribution in [3.05, 3.63) is 34.9 Å². The molecule has 2 aliphatic rings. The highest BCUT2D eigenvalue weighted by molar-refractivity contribution is 5.96. The van der Waals surface area contributed by atoms with Gasteiger partial charge in [-0.2, -0.15) is 0 Å². The van der Waals surface area contributed by atoms with Crippen LogP contribution in [0.4, 0.5) is 0 Å². The third kappa shape index (κ3) is 3.47. The molecule has 2 saturated carbocycles. The highest BCUT2D eigenvalue weighted by Gasteiger charge is 2.40. The molecule has 0 aromatic heterocycles. The van der Waals surface area contributed by atoms with E-state index < -0.39 is 0 Å². The number of benzene rings is 1. The van der Waals surface area contributed by atoms with Gasteiger partial charge in [-0.25, -0.2) is 0 Å². The Balaban J connectivity index is 0.00000176. The van der Waals surface area contributed by atoms with E-state index in [2.05, 4.69) is 11.4 Å². The van der Waals surface area contributed by atoms with Crippen LogP contribution < -0.4 is 11.1 Å². The minimum Gasteiger partial charge on any atom is -0.349 e. The van der Waals surface area contributed by atoms with Crippen molar-refractivity contribution in [1.29, 1.82) is 0 Å². The van der Waals surface area contributed by atoms with Crippen molar-refractivity contribution in [2.75, 3.05) is 0 Å². The first-order valence-corrected chi connectivity index (χ1v) is 8.18. The lowest BCUT2D eigenvalue weighted by Gasteiger charge is -2.45. The fourth-order valence-corrected chi connectivity index (χ4v) is 4.23. The number of carbonyl (C=O) groups is 1. The Morgan fingerprint density at radius 1 is 1.18 bits per heavy atom. The molecule has 4 heteroatoms. The van der Waals surface area contributed by atoms with E-state index >= 15 is 0 Å². The number of fused-ring (bicyclic) bond motifs is 2. The summed E-state index contributed by atoms with van der Waals surface area (Å²) < 4.78 is 0. The molecule has 2 aliphatic carbocycles. The minimum absolute atomic E-state index is 0. The van der Waals surface area contributed by atoms with E-state index in [1.807, 2.05) is 26.0 Å². The van der Waals surface area contributed by atoms with Crippen molar-refractivity contribution in [3.8, 4) is 0 Å². The van der Waals surface area contributed by atoms with Crippen LogP contribution in [0.3, 0.4) is 0 Å². The average molecular weight is 323 g/mol. The first-order chi connectivity index (χ1) is 10.0. The van der Waals surface area contributed by atoms with Crippen LogP contribution in [-0.4, -0.2) is 18.0 Å². The lowest BCUT2D eigenvalue weighted by atomic mass is 9.67. The third-order valence-electron chi connectivity index (χ3n) is 5.31. The summed E-state index contributed by atoms with van der Waals surface area (Å²) in [5, 5.41) is 3.33. The quantitative estimate of drug-likeness (QED) is 0.877. The van der Waals surface area contributed by atoms with Crippen molar-refractivity contribution in [2.24, 2.45) is 17.6 Å². The summed E-state index contributed by atoms with van der Waals surface area (Å²) in [6, 6.07) is 6.73. The van der Waals surface area contributed by atoms with Gasteiger partial charge in [-0.3, -0.25) is 4.79 Å². The van der Waals surface area contributed by atoms with E-state index in [-0.39, 0.29) is 18.3 Å². The van der Waals surface area contributed by atoms with Crippen LogP contribution in [0.5, 0.6) is 0 Å². The molecular weight excluding hydrogens is 296 g/mol. The van der Waals surface area contributed by atoms with Gasteiger partial charge < -0.3 is 11.1 Å². The molecule has 22 heavy (non-hydrogen) atoms. The summed E-state index contributed by atoms with van der Waals surface area (Å²) in [7, 11) is 0. The number of amides is 1. The molecule has 0 saturated heterocycles. The second kappa shape index (κ2) is 7.01. The molecule has 0 aliphatic heterocycles. The molecular formula is C18H27ClN2O. The van der Waals surface area contributed by atoms with E-state index in [9.17, 15) is 4.79 Å². The first kappa shape index (κ1) is 17.3. The van der Waals surface area contributed by atoms with Gasteiger partial charge in [-0.1, -0.05) is 24.1 Å². The van der Waals surface area contributed by atoms with Gasteiger partial charge in [-0.15, -0.1) is 12.4 Å². The predicted molar refractivity (Wildman–Crippen MR) is 92.5 cm³/mol. The highest BCUT2D eigenvalue weighted by atomic mass is 35.5. The molecule has 3 nitrogen and oxygen atoms in total. The Morgan fingerprint density at radius 3 is 2.45 bits per heavy atom. The largest absolute Gasteiger partial charge is 0.349 e. The fraction of sp³-hybridized carbons (Fsp3) is 0.611. The van der Waals surface area contributed by atoms with Crippen molar-refractivity contribution in [1.82, 2.24) is 5.32 Å². The summed E-state index contributed by atoms with van der Waals surface area (Å²) in [4.78, 5) is 12.7. The number of hydrogen-bond donors (Lipinski definition) is 2. The van der Waals surface area contributed by atoms with Crippen LogP contribution in [0.15, 0.2) is 18.2 Å². The van der Waals surface area contributed by atoms with E-state index in [1.54, 1.807) is 0 Å². The maximum absolute atomic E-state index is 12.7. The summed E-state index contributed by atoms with van der Waals surface area (Å²) in [6.07, 6.45) is 5.84. The topological polar surface area (TPSA) is 55.1 Å². The van der Waals surface area contributed by atoms with Crippen molar-refractivity contribution in [2.45, 2.75) is 58.0 Å². The molecule has 0 spiro atoms. The Labute approximate surface area is 139 Å². The van der Waals surface area contributed by atoms with E-state index in [0.717, 1.165) is 29.5 Å². The summed E-state index contributed by atoms with van der Waals surface area (Å²) in [6.45, 7) is 4.04. The molecule has 2 fully saturated rings. The second-order valence-electron chi connectivity index (χ2n) is 7.00.